The third-order valence-corrected chi connectivity index (χ3v) is 5.92. The van der Waals surface area contributed by atoms with Crippen LogP contribution < -0.4 is 10.2 Å². The minimum Gasteiger partial charge on any atom is -0.371 e. The average Bonchev–Trinajstić information content (AvgIpc) is 2.90. The Labute approximate surface area is 152 Å². The fraction of sp³-hybridized carbons (Fsp3) is 0.478. The van der Waals surface area contributed by atoms with Gasteiger partial charge in [-0.3, -0.25) is 0 Å². The molecule has 1 aliphatic heterocycles. The molecule has 2 nitrogen and oxygen atoms in total. The molecule has 2 aromatic carbocycles. The molecule has 1 saturated heterocycles. The molecule has 25 heavy (non-hydrogen) atoms. The normalized spacial score (nSPS) is 20.8. The van der Waals surface area contributed by atoms with Gasteiger partial charge in [-0.1, -0.05) is 36.4 Å². The minimum absolute atomic E-state index is 0.168. The van der Waals surface area contributed by atoms with Crippen molar-refractivity contribution in [2.24, 2.45) is 0 Å². The third-order valence-electron chi connectivity index (χ3n) is 5.92. The summed E-state index contributed by atoms with van der Waals surface area (Å²) in [5.41, 5.74) is 7.55. The lowest BCUT2D eigenvalue weighted by molar-refractivity contribution is 0.161. The van der Waals surface area contributed by atoms with Crippen molar-refractivity contribution in [3.8, 4) is 11.1 Å². The second-order valence-corrected chi connectivity index (χ2v) is 9.20. The third kappa shape index (κ3) is 2.97. The highest BCUT2D eigenvalue weighted by molar-refractivity contribution is 5.82. The van der Waals surface area contributed by atoms with Gasteiger partial charge in [-0.05, 0) is 68.9 Å². The molecule has 0 atom stereocenters. The van der Waals surface area contributed by atoms with Gasteiger partial charge in [-0.25, -0.2) is 0 Å². The Morgan fingerprint density at radius 3 is 2.24 bits per heavy atom. The topological polar surface area (TPSA) is 15.3 Å². The Bertz CT molecular complexity index is 787. The van der Waals surface area contributed by atoms with E-state index in [4.69, 9.17) is 0 Å². The summed E-state index contributed by atoms with van der Waals surface area (Å²) < 4.78 is 0. The molecular weight excluding hydrogens is 304 g/mol. The Morgan fingerprint density at radius 1 is 0.880 bits per heavy atom. The number of hydrogen-bond donors (Lipinski definition) is 1. The summed E-state index contributed by atoms with van der Waals surface area (Å²) >= 11 is 0. The van der Waals surface area contributed by atoms with Crippen molar-refractivity contribution in [3.05, 3.63) is 53.6 Å². The molecule has 0 unspecified atom stereocenters. The van der Waals surface area contributed by atoms with Crippen LogP contribution in [0.5, 0.6) is 0 Å². The predicted molar refractivity (Wildman–Crippen MR) is 107 cm³/mol. The number of rotatable bonds is 2. The van der Waals surface area contributed by atoms with E-state index in [-0.39, 0.29) is 11.1 Å². The lowest BCUT2D eigenvalue weighted by Crippen LogP contribution is -2.62. The summed E-state index contributed by atoms with van der Waals surface area (Å²) in [5, 5.41) is 3.81. The molecule has 1 aliphatic carbocycles. The average molecular weight is 335 g/mol. The van der Waals surface area contributed by atoms with Crippen LogP contribution in [0, 0.1) is 0 Å². The smallest absolute Gasteiger partial charge is 0.0408 e. The van der Waals surface area contributed by atoms with Gasteiger partial charge in [0.2, 0.25) is 0 Å². The van der Waals surface area contributed by atoms with E-state index in [9.17, 15) is 0 Å². The lowest BCUT2D eigenvalue weighted by atomic mass is 9.79. The molecule has 1 N–H and O–H groups in total. The van der Waals surface area contributed by atoms with E-state index in [1.807, 2.05) is 0 Å². The van der Waals surface area contributed by atoms with Crippen LogP contribution in [-0.2, 0) is 6.42 Å². The van der Waals surface area contributed by atoms with E-state index < -0.39 is 0 Å². The number of benzene rings is 2. The summed E-state index contributed by atoms with van der Waals surface area (Å²) in [5.74, 6) is 0. The largest absolute Gasteiger partial charge is 0.371 e. The van der Waals surface area contributed by atoms with Gasteiger partial charge in [0.05, 0.1) is 0 Å². The maximum atomic E-state index is 3.81. The Morgan fingerprint density at radius 2 is 1.52 bits per heavy atom. The van der Waals surface area contributed by atoms with Crippen LogP contribution in [0.1, 0.15) is 51.7 Å². The van der Waals surface area contributed by atoms with E-state index in [0.717, 1.165) is 6.42 Å². The van der Waals surface area contributed by atoms with Crippen LogP contribution in [0.3, 0.4) is 0 Å². The number of piperidine rings is 1. The lowest BCUT2D eigenvalue weighted by Gasteiger charge is -2.49. The van der Waals surface area contributed by atoms with Gasteiger partial charge in [0, 0.05) is 36.3 Å². The van der Waals surface area contributed by atoms with E-state index in [0.29, 0.717) is 6.04 Å². The minimum atomic E-state index is 0.168. The zero-order chi connectivity index (χ0) is 17.8. The van der Waals surface area contributed by atoms with Crippen molar-refractivity contribution in [2.75, 3.05) is 11.9 Å². The molecule has 1 heterocycles. The van der Waals surface area contributed by atoms with E-state index in [2.05, 4.69) is 87.4 Å². The predicted octanol–water partition coefficient (Wildman–Crippen LogP) is 5.00. The van der Waals surface area contributed by atoms with Crippen LogP contribution in [0.4, 0.5) is 5.69 Å². The summed E-state index contributed by atoms with van der Waals surface area (Å²) in [6.45, 7) is 9.33. The molecule has 132 valence electrons. The molecule has 2 heteroatoms. The molecule has 0 spiro atoms. The van der Waals surface area contributed by atoms with Crippen molar-refractivity contribution in [3.63, 3.8) is 0 Å². The van der Waals surface area contributed by atoms with Crippen LogP contribution >= 0.6 is 0 Å². The first-order valence-corrected chi connectivity index (χ1v) is 9.48. The Balaban J connectivity index is 1.70. The fourth-order valence-corrected chi connectivity index (χ4v) is 5.21. The van der Waals surface area contributed by atoms with Crippen molar-refractivity contribution in [1.29, 1.82) is 0 Å². The van der Waals surface area contributed by atoms with Gasteiger partial charge in [0.25, 0.3) is 0 Å². The first-order chi connectivity index (χ1) is 11.8. The first-order valence-electron chi connectivity index (χ1n) is 9.48. The molecule has 0 amide bonds. The molecule has 0 saturated carbocycles. The quantitative estimate of drug-likeness (QED) is 0.709. The second kappa shape index (κ2) is 5.60. The van der Waals surface area contributed by atoms with Crippen molar-refractivity contribution >= 4 is 5.69 Å². The Kier molecular flexibility index (Phi) is 3.73. The molecule has 0 bridgehead atoms. The number of hydrogen-bond acceptors (Lipinski definition) is 2. The first kappa shape index (κ1) is 16.7. The molecule has 0 radical (unpaired) electrons. The van der Waals surface area contributed by atoms with Gasteiger partial charge >= 0.3 is 0 Å². The monoisotopic (exact) mass is 334 g/mol. The molecule has 4 rings (SSSR count). The van der Waals surface area contributed by atoms with Gasteiger partial charge in [0.15, 0.2) is 0 Å². The summed E-state index contributed by atoms with van der Waals surface area (Å²) in [7, 11) is 2.29. The summed E-state index contributed by atoms with van der Waals surface area (Å²) in [6.07, 6.45) is 3.40. The number of anilines is 1. The van der Waals surface area contributed by atoms with Gasteiger partial charge in [-0.2, -0.15) is 0 Å². The molecule has 2 aromatic rings. The van der Waals surface area contributed by atoms with E-state index in [1.54, 1.807) is 0 Å². The molecule has 0 aromatic heterocycles. The highest BCUT2D eigenvalue weighted by Crippen LogP contribution is 2.42. The fourth-order valence-electron chi connectivity index (χ4n) is 5.21. The second-order valence-electron chi connectivity index (χ2n) is 9.20. The van der Waals surface area contributed by atoms with Gasteiger partial charge in [-0.15, -0.1) is 0 Å². The molecule has 1 fully saturated rings. The van der Waals surface area contributed by atoms with E-state index in [1.165, 1.54) is 40.8 Å². The van der Waals surface area contributed by atoms with Crippen molar-refractivity contribution < 1.29 is 0 Å². The Hall–Kier alpha value is -1.80. The number of nitrogens with zero attached hydrogens (tertiary/aromatic N) is 1. The highest BCUT2D eigenvalue weighted by Gasteiger charge is 2.39. The van der Waals surface area contributed by atoms with Crippen LogP contribution in [0.15, 0.2) is 42.5 Å². The van der Waals surface area contributed by atoms with Crippen molar-refractivity contribution in [1.82, 2.24) is 5.32 Å². The maximum Gasteiger partial charge on any atom is 0.0408 e. The zero-order valence-corrected chi connectivity index (χ0v) is 16.2. The molecular formula is C23H30N2. The van der Waals surface area contributed by atoms with Crippen molar-refractivity contribution in [2.45, 2.75) is 64.1 Å². The van der Waals surface area contributed by atoms with Gasteiger partial charge in [0.1, 0.15) is 0 Å². The van der Waals surface area contributed by atoms with Crippen LogP contribution in [0.25, 0.3) is 11.1 Å². The zero-order valence-electron chi connectivity index (χ0n) is 16.2. The summed E-state index contributed by atoms with van der Waals surface area (Å²) in [6, 6.07) is 16.2. The van der Waals surface area contributed by atoms with E-state index >= 15 is 0 Å². The standard InChI is InChI=1S/C23H30N2/c1-22(2)14-17(15-23(3,4)24-22)25(5)21-12-8-11-19-18-10-7-6-9-16(18)13-20(19)21/h6-12,17,24H,13-15H2,1-5H3. The van der Waals surface area contributed by atoms with Crippen LogP contribution in [-0.4, -0.2) is 24.2 Å². The molecule has 2 aliphatic rings. The number of nitrogens with one attached hydrogen (secondary N) is 1. The number of fused-ring (bicyclic) bond motifs is 3. The SMILES string of the molecule is CN(c1cccc2c1Cc1ccccc1-2)C1CC(C)(C)NC(C)(C)C1. The highest BCUT2D eigenvalue weighted by atomic mass is 15.2. The maximum absolute atomic E-state index is 3.81. The van der Waals surface area contributed by atoms with Crippen LogP contribution in [0.2, 0.25) is 0 Å². The summed E-state index contributed by atoms with van der Waals surface area (Å²) in [4.78, 5) is 2.55. The van der Waals surface area contributed by atoms with Gasteiger partial charge < -0.3 is 10.2 Å².